The summed E-state index contributed by atoms with van der Waals surface area (Å²) in [5.74, 6) is 0.0509. The molecule has 1 atom stereocenters. The van der Waals surface area contributed by atoms with Crippen LogP contribution in [0.4, 0.5) is 0 Å². The molecule has 1 N–H and O–H groups in total. The van der Waals surface area contributed by atoms with Gasteiger partial charge in [-0.15, -0.1) is 0 Å². The van der Waals surface area contributed by atoms with Gasteiger partial charge in [0.2, 0.25) is 0 Å². The summed E-state index contributed by atoms with van der Waals surface area (Å²) in [5.41, 5.74) is 1.28. The molecule has 2 rings (SSSR count). The van der Waals surface area contributed by atoms with Crippen LogP contribution in [0.3, 0.4) is 0 Å². The van der Waals surface area contributed by atoms with Crippen LogP contribution in [-0.2, 0) is 0 Å². The summed E-state index contributed by atoms with van der Waals surface area (Å²) in [6.07, 6.45) is 0. The summed E-state index contributed by atoms with van der Waals surface area (Å²) in [7, 11) is 0. The van der Waals surface area contributed by atoms with Crippen molar-refractivity contribution in [3.63, 3.8) is 0 Å². The third kappa shape index (κ3) is 3.65. The first-order valence-electron chi connectivity index (χ1n) is 7.98. The van der Waals surface area contributed by atoms with Crippen molar-refractivity contribution in [3.8, 4) is 0 Å². The highest BCUT2D eigenvalue weighted by molar-refractivity contribution is 5.97. The van der Waals surface area contributed by atoms with Crippen LogP contribution in [0.15, 0.2) is 24.3 Å². The number of nitrogens with zero attached hydrogens (tertiary/aromatic N) is 2. The molecule has 1 saturated heterocycles. The number of hydrogen-bond acceptors (Lipinski definition) is 3. The number of amides is 2. The van der Waals surface area contributed by atoms with E-state index in [0.717, 1.165) is 19.6 Å². The number of hydrogen-bond donors (Lipinski definition) is 1. The van der Waals surface area contributed by atoms with E-state index in [9.17, 15) is 9.59 Å². The van der Waals surface area contributed by atoms with E-state index >= 15 is 0 Å². The lowest BCUT2D eigenvalue weighted by atomic mass is 10.1. The molecular weight excluding hydrogens is 278 g/mol. The fraction of sp³-hybridized carbons (Fsp3) is 0.529. The Hall–Kier alpha value is -1.88. The molecule has 0 radical (unpaired) electrons. The van der Waals surface area contributed by atoms with Crippen molar-refractivity contribution in [2.45, 2.75) is 26.8 Å². The molecule has 1 fully saturated rings. The smallest absolute Gasteiger partial charge is 0.253 e. The molecule has 0 saturated carbocycles. The van der Waals surface area contributed by atoms with Crippen molar-refractivity contribution in [2.24, 2.45) is 0 Å². The minimum atomic E-state index is 0.0137. The first-order valence-corrected chi connectivity index (χ1v) is 7.98. The van der Waals surface area contributed by atoms with Gasteiger partial charge in [-0.25, -0.2) is 0 Å². The van der Waals surface area contributed by atoms with Crippen molar-refractivity contribution >= 4 is 11.8 Å². The van der Waals surface area contributed by atoms with E-state index in [-0.39, 0.29) is 11.8 Å². The SMILES string of the molecule is CCN(CC)C(=O)c1ccc(C(=O)N2CCNC(C)C2)cc1. The van der Waals surface area contributed by atoms with Crippen molar-refractivity contribution < 1.29 is 9.59 Å². The Morgan fingerprint density at radius 1 is 1.18 bits per heavy atom. The quantitative estimate of drug-likeness (QED) is 0.919. The average molecular weight is 303 g/mol. The highest BCUT2D eigenvalue weighted by atomic mass is 16.2. The fourth-order valence-electron chi connectivity index (χ4n) is 2.75. The molecular formula is C17H25N3O2. The summed E-state index contributed by atoms with van der Waals surface area (Å²) >= 11 is 0. The van der Waals surface area contributed by atoms with Crippen molar-refractivity contribution in [3.05, 3.63) is 35.4 Å². The normalized spacial score (nSPS) is 18.1. The molecule has 0 spiro atoms. The largest absolute Gasteiger partial charge is 0.339 e. The predicted octanol–water partition coefficient (Wildman–Crippen LogP) is 1.60. The minimum absolute atomic E-state index is 0.0137. The zero-order chi connectivity index (χ0) is 16.1. The number of nitrogens with one attached hydrogen (secondary N) is 1. The summed E-state index contributed by atoms with van der Waals surface area (Å²) in [6.45, 7) is 9.65. The molecule has 2 amide bonds. The van der Waals surface area contributed by atoms with Gasteiger partial charge >= 0.3 is 0 Å². The summed E-state index contributed by atoms with van der Waals surface area (Å²) < 4.78 is 0. The number of piperazine rings is 1. The Bertz CT molecular complexity index is 523. The first-order chi connectivity index (χ1) is 10.6. The lowest BCUT2D eigenvalue weighted by Crippen LogP contribution is -2.51. The van der Waals surface area contributed by atoms with Crippen LogP contribution >= 0.6 is 0 Å². The Morgan fingerprint density at radius 3 is 2.32 bits per heavy atom. The highest BCUT2D eigenvalue weighted by Gasteiger charge is 2.22. The Balaban J connectivity index is 2.08. The standard InChI is InChI=1S/C17H25N3O2/c1-4-19(5-2)16(21)14-6-8-15(9-7-14)17(22)20-11-10-18-13(3)12-20/h6-9,13,18H,4-5,10-12H2,1-3H3. The topological polar surface area (TPSA) is 52.7 Å². The van der Waals surface area contributed by atoms with Gasteiger partial charge < -0.3 is 15.1 Å². The summed E-state index contributed by atoms with van der Waals surface area (Å²) in [4.78, 5) is 28.4. The second-order valence-electron chi connectivity index (χ2n) is 5.66. The molecule has 120 valence electrons. The molecule has 0 bridgehead atoms. The van der Waals surface area contributed by atoms with Crippen LogP contribution in [0.5, 0.6) is 0 Å². The third-order valence-corrected chi connectivity index (χ3v) is 4.09. The number of benzene rings is 1. The van der Waals surface area contributed by atoms with Crippen LogP contribution < -0.4 is 5.32 Å². The molecule has 1 aromatic rings. The second-order valence-corrected chi connectivity index (χ2v) is 5.66. The van der Waals surface area contributed by atoms with Crippen LogP contribution in [0.25, 0.3) is 0 Å². The third-order valence-electron chi connectivity index (χ3n) is 4.09. The molecule has 1 aliphatic rings. The number of carbonyl (C=O) groups is 2. The highest BCUT2D eigenvalue weighted by Crippen LogP contribution is 2.11. The Labute approximate surface area is 132 Å². The van der Waals surface area contributed by atoms with Gasteiger partial charge in [-0.3, -0.25) is 9.59 Å². The van der Waals surface area contributed by atoms with E-state index in [0.29, 0.717) is 30.3 Å². The molecule has 5 heteroatoms. The van der Waals surface area contributed by atoms with E-state index in [1.54, 1.807) is 29.2 Å². The first kappa shape index (κ1) is 16.5. The van der Waals surface area contributed by atoms with Gasteiger partial charge in [0.05, 0.1) is 0 Å². The van der Waals surface area contributed by atoms with E-state index in [1.165, 1.54) is 0 Å². The van der Waals surface area contributed by atoms with E-state index in [4.69, 9.17) is 0 Å². The average Bonchev–Trinajstić information content (AvgIpc) is 2.55. The zero-order valence-corrected chi connectivity index (χ0v) is 13.6. The summed E-state index contributed by atoms with van der Waals surface area (Å²) in [5, 5.41) is 3.32. The van der Waals surface area contributed by atoms with Crippen LogP contribution in [0.1, 0.15) is 41.5 Å². The van der Waals surface area contributed by atoms with Crippen molar-refractivity contribution in [1.82, 2.24) is 15.1 Å². The minimum Gasteiger partial charge on any atom is -0.339 e. The lowest BCUT2D eigenvalue weighted by molar-refractivity contribution is 0.0707. The maximum atomic E-state index is 12.5. The van der Waals surface area contributed by atoms with Crippen molar-refractivity contribution in [1.29, 1.82) is 0 Å². The van der Waals surface area contributed by atoms with Gasteiger partial charge in [-0.1, -0.05) is 0 Å². The molecule has 1 aliphatic heterocycles. The summed E-state index contributed by atoms with van der Waals surface area (Å²) in [6, 6.07) is 7.33. The maximum absolute atomic E-state index is 12.5. The van der Waals surface area contributed by atoms with Gasteiger partial charge in [-0.2, -0.15) is 0 Å². The van der Waals surface area contributed by atoms with Gasteiger partial charge in [0, 0.05) is 49.9 Å². The number of rotatable bonds is 4. The lowest BCUT2D eigenvalue weighted by Gasteiger charge is -2.32. The van der Waals surface area contributed by atoms with Gasteiger partial charge in [0.25, 0.3) is 11.8 Å². The Morgan fingerprint density at radius 2 is 1.77 bits per heavy atom. The molecule has 1 heterocycles. The molecule has 1 aromatic carbocycles. The van der Waals surface area contributed by atoms with E-state index in [1.807, 2.05) is 18.7 Å². The van der Waals surface area contributed by atoms with Gasteiger partial charge in [0.1, 0.15) is 0 Å². The molecule has 0 aromatic heterocycles. The predicted molar refractivity (Wildman–Crippen MR) is 87.1 cm³/mol. The van der Waals surface area contributed by atoms with Crippen LogP contribution in [0.2, 0.25) is 0 Å². The molecule has 1 unspecified atom stereocenters. The van der Waals surface area contributed by atoms with E-state index < -0.39 is 0 Å². The van der Waals surface area contributed by atoms with Gasteiger partial charge in [0.15, 0.2) is 0 Å². The fourth-order valence-corrected chi connectivity index (χ4v) is 2.75. The Kier molecular flexibility index (Phi) is 5.55. The molecule has 5 nitrogen and oxygen atoms in total. The van der Waals surface area contributed by atoms with Gasteiger partial charge in [-0.05, 0) is 45.0 Å². The van der Waals surface area contributed by atoms with Crippen LogP contribution in [-0.4, -0.2) is 60.4 Å². The maximum Gasteiger partial charge on any atom is 0.253 e. The monoisotopic (exact) mass is 303 g/mol. The second kappa shape index (κ2) is 7.40. The van der Waals surface area contributed by atoms with E-state index in [2.05, 4.69) is 12.2 Å². The number of carbonyl (C=O) groups excluding carboxylic acids is 2. The zero-order valence-electron chi connectivity index (χ0n) is 13.6. The van der Waals surface area contributed by atoms with Crippen molar-refractivity contribution in [2.75, 3.05) is 32.7 Å². The molecule has 22 heavy (non-hydrogen) atoms. The molecule has 0 aliphatic carbocycles. The van der Waals surface area contributed by atoms with Crippen LogP contribution in [0, 0.1) is 0 Å².